The molecule has 0 aliphatic rings. The average Bonchev–Trinajstić information content (AvgIpc) is 2.05. The Morgan fingerprint density at radius 3 is 2.85 bits per heavy atom. The lowest BCUT2D eigenvalue weighted by atomic mass is 10.4. The number of pyridine rings is 1. The first-order chi connectivity index (χ1) is 5.75. The molecule has 0 bridgehead atoms. The summed E-state index contributed by atoms with van der Waals surface area (Å²) in [4.78, 5) is 13.9. The van der Waals surface area contributed by atoms with Crippen LogP contribution in [0.2, 0.25) is 0 Å². The molecule has 0 unspecified atom stereocenters. The molecule has 4 nitrogen and oxygen atoms in total. The van der Waals surface area contributed by atoms with Gasteiger partial charge in [-0.05, 0) is 23.1 Å². The summed E-state index contributed by atoms with van der Waals surface area (Å²) in [5.41, 5.74) is 0.0665. The van der Waals surface area contributed by atoms with E-state index in [2.05, 4.69) is 4.98 Å². The largest absolute Gasteiger partial charge is 0.302 e. The summed E-state index contributed by atoms with van der Waals surface area (Å²) in [5.74, 6) is 0. The zero-order chi connectivity index (χ0) is 8.97. The molecule has 0 N–H and O–H groups in total. The van der Waals surface area contributed by atoms with Crippen molar-refractivity contribution < 1.29 is 4.92 Å². The van der Waals surface area contributed by atoms with Crippen molar-refractivity contribution in [3.8, 4) is 0 Å². The molecule has 0 spiro atoms. The Morgan fingerprint density at radius 1 is 1.62 bits per heavy atom. The number of aromatic nitrogens is 1. The van der Waals surface area contributed by atoms with E-state index >= 15 is 0 Å². The Kier molecular flexibility index (Phi) is 5.48. The van der Waals surface area contributed by atoms with E-state index in [-0.39, 0.29) is 13.1 Å². The van der Waals surface area contributed by atoms with Crippen LogP contribution in [0.25, 0.3) is 0 Å². The van der Waals surface area contributed by atoms with Gasteiger partial charge in [0.15, 0.2) is 5.03 Å². The van der Waals surface area contributed by atoms with Crippen molar-refractivity contribution in [2.45, 2.75) is 12.5 Å². The molecule has 72 valence electrons. The summed E-state index contributed by atoms with van der Waals surface area (Å²) in [6.07, 6.45) is 3.40. The minimum absolute atomic E-state index is 0. The van der Waals surface area contributed by atoms with Crippen molar-refractivity contribution in [1.29, 1.82) is 0 Å². The van der Waals surface area contributed by atoms with E-state index in [4.69, 9.17) is 0 Å². The molecule has 0 saturated carbocycles. The molecule has 0 radical (unpaired) electrons. The molecule has 6 heteroatoms. The minimum atomic E-state index is -0.425. The first kappa shape index (κ1) is 12.2. The summed E-state index contributed by atoms with van der Waals surface area (Å²) in [5, 5.41) is 10.9. The number of rotatable bonds is 3. The molecule has 1 heterocycles. The smallest absolute Gasteiger partial charge is 0.258 e. The van der Waals surface area contributed by atoms with Crippen LogP contribution in [-0.2, 0) is 0 Å². The minimum Gasteiger partial charge on any atom is -0.258 e. The zero-order valence-electron chi connectivity index (χ0n) is 6.26. The topological polar surface area (TPSA) is 56.0 Å². The number of nitro groups is 1. The first-order valence-electron chi connectivity index (χ1n) is 3.05. The van der Waals surface area contributed by atoms with Crippen LogP contribution < -0.4 is 0 Å². The van der Waals surface area contributed by atoms with Crippen molar-refractivity contribution in [1.82, 2.24) is 4.98 Å². The summed E-state index contributed by atoms with van der Waals surface area (Å²) in [6, 6.07) is 3.01. The fourth-order valence-electron chi connectivity index (χ4n) is 0.664. The Morgan fingerprint density at radius 2 is 2.31 bits per heavy atom. The highest BCUT2D eigenvalue weighted by Crippen LogP contribution is 2.33. The molecule has 0 fully saturated rings. The molecule has 0 atom stereocenters. The van der Waals surface area contributed by atoms with Gasteiger partial charge in [0.25, 0.3) is 0 Å². The van der Waals surface area contributed by atoms with Crippen molar-refractivity contribution >= 4 is 27.3 Å². The van der Waals surface area contributed by atoms with Gasteiger partial charge in [-0.1, -0.05) is 18.2 Å². The molecule has 0 saturated heterocycles. The third kappa shape index (κ3) is 3.23. The molecular formula is C7H10N2O2S2. The van der Waals surface area contributed by atoms with Crippen molar-refractivity contribution in [2.24, 2.45) is 0 Å². The van der Waals surface area contributed by atoms with Gasteiger partial charge in [0.1, 0.15) is 0 Å². The summed E-state index contributed by atoms with van der Waals surface area (Å²) < 4.78 is 0. The van der Waals surface area contributed by atoms with Crippen LogP contribution in [0, 0.1) is 10.1 Å². The van der Waals surface area contributed by atoms with Crippen molar-refractivity contribution in [3.05, 3.63) is 28.4 Å². The van der Waals surface area contributed by atoms with E-state index in [0.29, 0.717) is 5.03 Å². The highest BCUT2D eigenvalue weighted by molar-refractivity contribution is 8.76. The number of hydrogen-bond acceptors (Lipinski definition) is 5. The Bertz CT molecular complexity index is 294. The molecule has 0 aliphatic heterocycles. The summed E-state index contributed by atoms with van der Waals surface area (Å²) in [6.45, 7) is 0. The van der Waals surface area contributed by atoms with Crippen LogP contribution in [0.3, 0.4) is 0 Å². The lowest BCUT2D eigenvalue weighted by Crippen LogP contribution is -1.91. The van der Waals surface area contributed by atoms with E-state index in [1.54, 1.807) is 12.3 Å². The third-order valence-electron chi connectivity index (χ3n) is 1.11. The van der Waals surface area contributed by atoms with Gasteiger partial charge in [-0.2, -0.15) is 0 Å². The normalized spacial score (nSPS) is 9.00. The number of nitrogens with zero attached hydrogens (tertiary/aromatic N) is 2. The molecule has 1 rings (SSSR count). The second-order valence-electron chi connectivity index (χ2n) is 1.83. The van der Waals surface area contributed by atoms with Gasteiger partial charge in [0.05, 0.1) is 4.92 Å². The van der Waals surface area contributed by atoms with Gasteiger partial charge < -0.3 is 0 Å². The SMILES string of the molecule is C.CSSc1ncccc1[N+](=O)[O-]. The first-order valence-corrected chi connectivity index (χ1v) is 5.61. The van der Waals surface area contributed by atoms with Crippen LogP contribution in [-0.4, -0.2) is 16.2 Å². The van der Waals surface area contributed by atoms with Gasteiger partial charge in [-0.3, -0.25) is 10.1 Å². The van der Waals surface area contributed by atoms with E-state index in [9.17, 15) is 10.1 Å². The van der Waals surface area contributed by atoms with Gasteiger partial charge in [-0.15, -0.1) is 0 Å². The monoisotopic (exact) mass is 218 g/mol. The lowest BCUT2D eigenvalue weighted by molar-refractivity contribution is -0.388. The summed E-state index contributed by atoms with van der Waals surface area (Å²) >= 11 is 0. The molecule has 0 aliphatic carbocycles. The maximum Gasteiger partial charge on any atom is 0.302 e. The fraction of sp³-hybridized carbons (Fsp3) is 0.286. The molecule has 0 aromatic carbocycles. The van der Waals surface area contributed by atoms with E-state index in [1.807, 2.05) is 6.26 Å². The lowest BCUT2D eigenvalue weighted by Gasteiger charge is -1.96. The second-order valence-corrected chi connectivity index (χ2v) is 4.22. The second kappa shape index (κ2) is 5.82. The Labute approximate surface area is 84.7 Å². The predicted molar refractivity (Wildman–Crippen MR) is 57.0 cm³/mol. The maximum absolute atomic E-state index is 10.4. The van der Waals surface area contributed by atoms with Crippen LogP contribution in [0.1, 0.15) is 7.43 Å². The van der Waals surface area contributed by atoms with E-state index in [1.165, 1.54) is 27.7 Å². The summed E-state index contributed by atoms with van der Waals surface area (Å²) in [7, 11) is 2.73. The third-order valence-corrected chi connectivity index (χ3v) is 2.72. The van der Waals surface area contributed by atoms with Gasteiger partial charge in [-0.25, -0.2) is 4.98 Å². The van der Waals surface area contributed by atoms with Crippen LogP contribution >= 0.6 is 21.6 Å². The zero-order valence-corrected chi connectivity index (χ0v) is 7.89. The van der Waals surface area contributed by atoms with Crippen molar-refractivity contribution in [3.63, 3.8) is 0 Å². The molecular weight excluding hydrogens is 208 g/mol. The standard InChI is InChI=1S/C6H6N2O2S2.CH4/c1-11-12-6-5(8(9)10)3-2-4-7-6;/h2-4H,1H3;1H4. The highest BCUT2D eigenvalue weighted by atomic mass is 33.1. The molecule has 1 aromatic rings. The van der Waals surface area contributed by atoms with Crippen LogP contribution in [0.15, 0.2) is 23.4 Å². The van der Waals surface area contributed by atoms with Crippen LogP contribution in [0.4, 0.5) is 5.69 Å². The van der Waals surface area contributed by atoms with Gasteiger partial charge in [0, 0.05) is 12.3 Å². The van der Waals surface area contributed by atoms with Gasteiger partial charge >= 0.3 is 5.69 Å². The predicted octanol–water partition coefficient (Wildman–Crippen LogP) is 3.00. The molecule has 13 heavy (non-hydrogen) atoms. The van der Waals surface area contributed by atoms with E-state index < -0.39 is 4.92 Å². The molecule has 0 amide bonds. The van der Waals surface area contributed by atoms with E-state index in [0.717, 1.165) is 0 Å². The fourth-order valence-corrected chi connectivity index (χ4v) is 2.01. The number of hydrogen-bond donors (Lipinski definition) is 0. The van der Waals surface area contributed by atoms with Crippen molar-refractivity contribution in [2.75, 3.05) is 6.26 Å². The Balaban J connectivity index is 0.00000144. The quantitative estimate of drug-likeness (QED) is 0.443. The maximum atomic E-state index is 10.4. The van der Waals surface area contributed by atoms with Crippen LogP contribution in [0.5, 0.6) is 0 Å². The molecule has 1 aromatic heterocycles. The van der Waals surface area contributed by atoms with Gasteiger partial charge in [0.2, 0.25) is 0 Å². The average molecular weight is 218 g/mol. The Hall–Kier alpha value is -0.750. The highest BCUT2D eigenvalue weighted by Gasteiger charge is 2.13.